The molecule has 0 saturated heterocycles. The summed E-state index contributed by atoms with van der Waals surface area (Å²) in [5.74, 6) is 0. The van der Waals surface area contributed by atoms with Crippen LogP contribution >= 0.6 is 11.3 Å². The summed E-state index contributed by atoms with van der Waals surface area (Å²) in [7, 11) is 0. The Balaban J connectivity index is 1.98. The van der Waals surface area contributed by atoms with Crippen LogP contribution < -0.4 is 5.32 Å². The maximum Gasteiger partial charge on any atom is 0.0409 e. The van der Waals surface area contributed by atoms with E-state index in [2.05, 4.69) is 53.3 Å². The highest BCUT2D eigenvalue weighted by atomic mass is 32.1. The van der Waals surface area contributed by atoms with E-state index < -0.39 is 0 Å². The molecular weight excluding hydrogens is 202 g/mol. The summed E-state index contributed by atoms with van der Waals surface area (Å²) in [6.45, 7) is 3.09. The molecule has 0 aliphatic rings. The van der Waals surface area contributed by atoms with Gasteiger partial charge in [-0.3, -0.25) is 0 Å². The number of aryl methyl sites for hydroxylation is 1. The van der Waals surface area contributed by atoms with Crippen molar-refractivity contribution in [1.82, 2.24) is 0 Å². The van der Waals surface area contributed by atoms with Gasteiger partial charge in [-0.25, -0.2) is 0 Å². The van der Waals surface area contributed by atoms with E-state index in [0.29, 0.717) is 0 Å². The second-order valence-electron chi connectivity index (χ2n) is 3.54. The number of benzene rings is 1. The zero-order valence-electron chi connectivity index (χ0n) is 8.86. The Morgan fingerprint density at radius 2 is 2.13 bits per heavy atom. The smallest absolute Gasteiger partial charge is 0.0409 e. The average molecular weight is 217 g/mol. The first-order valence-corrected chi connectivity index (χ1v) is 6.16. The van der Waals surface area contributed by atoms with E-state index in [0.717, 1.165) is 13.0 Å². The highest BCUT2D eigenvalue weighted by Gasteiger charge is 1.95. The number of thiophene rings is 1. The van der Waals surface area contributed by atoms with Gasteiger partial charge in [0.05, 0.1) is 0 Å². The van der Waals surface area contributed by atoms with Gasteiger partial charge in [0, 0.05) is 12.2 Å². The normalized spacial score (nSPS) is 10.2. The van der Waals surface area contributed by atoms with E-state index in [1.807, 2.05) is 0 Å². The molecule has 0 fully saturated rings. The summed E-state index contributed by atoms with van der Waals surface area (Å²) >= 11 is 1.74. The van der Waals surface area contributed by atoms with Crippen LogP contribution in [0.4, 0.5) is 5.69 Å². The van der Waals surface area contributed by atoms with Crippen LogP contribution in [0.2, 0.25) is 0 Å². The molecule has 15 heavy (non-hydrogen) atoms. The molecule has 0 atom stereocenters. The third-order valence-corrected chi connectivity index (χ3v) is 3.14. The van der Waals surface area contributed by atoms with Crippen LogP contribution in [-0.4, -0.2) is 0 Å². The Kier molecular flexibility index (Phi) is 3.41. The van der Waals surface area contributed by atoms with Crippen LogP contribution in [-0.2, 0) is 13.0 Å². The zero-order chi connectivity index (χ0) is 10.5. The van der Waals surface area contributed by atoms with Crippen LogP contribution in [0.3, 0.4) is 0 Å². The minimum Gasteiger partial charge on any atom is -0.381 e. The van der Waals surface area contributed by atoms with Crippen LogP contribution in [0, 0.1) is 0 Å². The van der Waals surface area contributed by atoms with Crippen LogP contribution in [0.5, 0.6) is 0 Å². The van der Waals surface area contributed by atoms with Crippen LogP contribution in [0.25, 0.3) is 0 Å². The van der Waals surface area contributed by atoms with Crippen molar-refractivity contribution in [3.8, 4) is 0 Å². The van der Waals surface area contributed by atoms with E-state index in [9.17, 15) is 0 Å². The summed E-state index contributed by atoms with van der Waals surface area (Å²) in [5.41, 5.74) is 3.94. The molecule has 1 N–H and O–H groups in total. The minimum atomic E-state index is 0.913. The fourth-order valence-electron chi connectivity index (χ4n) is 1.50. The van der Waals surface area contributed by atoms with E-state index >= 15 is 0 Å². The van der Waals surface area contributed by atoms with Crippen LogP contribution in [0.15, 0.2) is 41.1 Å². The van der Waals surface area contributed by atoms with Gasteiger partial charge in [-0.2, -0.15) is 11.3 Å². The summed E-state index contributed by atoms with van der Waals surface area (Å²) in [6.07, 6.45) is 1.09. The van der Waals surface area contributed by atoms with Gasteiger partial charge in [0.15, 0.2) is 0 Å². The van der Waals surface area contributed by atoms with E-state index in [1.54, 1.807) is 11.3 Å². The zero-order valence-corrected chi connectivity index (χ0v) is 9.68. The molecule has 2 rings (SSSR count). The van der Waals surface area contributed by atoms with Crippen molar-refractivity contribution in [2.24, 2.45) is 0 Å². The lowest BCUT2D eigenvalue weighted by Gasteiger charge is -2.06. The maximum absolute atomic E-state index is 3.43. The van der Waals surface area contributed by atoms with Gasteiger partial charge in [-0.1, -0.05) is 19.1 Å². The first-order valence-electron chi connectivity index (χ1n) is 5.22. The third-order valence-electron chi connectivity index (χ3n) is 2.41. The topological polar surface area (TPSA) is 12.0 Å². The van der Waals surface area contributed by atoms with Gasteiger partial charge < -0.3 is 5.32 Å². The van der Waals surface area contributed by atoms with Gasteiger partial charge in [-0.15, -0.1) is 0 Å². The quantitative estimate of drug-likeness (QED) is 0.818. The molecule has 0 saturated carbocycles. The number of anilines is 1. The Labute approximate surface area is 94.8 Å². The van der Waals surface area contributed by atoms with Gasteiger partial charge in [-0.05, 0) is 46.5 Å². The number of hydrogen-bond donors (Lipinski definition) is 1. The SMILES string of the molecule is CCc1cccc(NCc2ccsc2)c1. The van der Waals surface area contributed by atoms with E-state index in [4.69, 9.17) is 0 Å². The molecule has 1 nitrogen and oxygen atoms in total. The first-order chi connectivity index (χ1) is 7.38. The van der Waals surface area contributed by atoms with Crippen molar-refractivity contribution in [1.29, 1.82) is 0 Å². The fourth-order valence-corrected chi connectivity index (χ4v) is 2.17. The van der Waals surface area contributed by atoms with Gasteiger partial charge >= 0.3 is 0 Å². The second kappa shape index (κ2) is 4.99. The molecule has 2 heteroatoms. The molecule has 2 aromatic rings. The predicted molar refractivity (Wildman–Crippen MR) is 67.5 cm³/mol. The Morgan fingerprint density at radius 1 is 1.20 bits per heavy atom. The first kappa shape index (κ1) is 10.2. The predicted octanol–water partition coefficient (Wildman–Crippen LogP) is 3.92. The van der Waals surface area contributed by atoms with E-state index in [1.165, 1.54) is 16.8 Å². The van der Waals surface area contributed by atoms with Crippen molar-refractivity contribution in [3.63, 3.8) is 0 Å². The maximum atomic E-state index is 3.43. The molecule has 1 heterocycles. The second-order valence-corrected chi connectivity index (χ2v) is 4.32. The number of hydrogen-bond acceptors (Lipinski definition) is 2. The van der Waals surface area contributed by atoms with Gasteiger partial charge in [0.1, 0.15) is 0 Å². The lowest BCUT2D eigenvalue weighted by molar-refractivity contribution is 1.12. The molecule has 0 bridgehead atoms. The average Bonchev–Trinajstić information content (AvgIpc) is 2.79. The highest BCUT2D eigenvalue weighted by Crippen LogP contribution is 2.13. The third kappa shape index (κ3) is 2.83. The molecule has 0 unspecified atom stereocenters. The lowest BCUT2D eigenvalue weighted by atomic mass is 10.1. The van der Waals surface area contributed by atoms with Crippen LogP contribution in [0.1, 0.15) is 18.1 Å². The monoisotopic (exact) mass is 217 g/mol. The van der Waals surface area contributed by atoms with Crippen molar-refractivity contribution in [3.05, 3.63) is 52.2 Å². The van der Waals surface area contributed by atoms with Gasteiger partial charge in [0.2, 0.25) is 0 Å². The summed E-state index contributed by atoms with van der Waals surface area (Å²) in [6, 6.07) is 10.8. The minimum absolute atomic E-state index is 0.913. The molecule has 0 radical (unpaired) electrons. The van der Waals surface area contributed by atoms with Gasteiger partial charge in [0.25, 0.3) is 0 Å². The fraction of sp³-hybridized carbons (Fsp3) is 0.231. The summed E-state index contributed by atoms with van der Waals surface area (Å²) in [5, 5.41) is 7.72. The van der Waals surface area contributed by atoms with Crippen molar-refractivity contribution in [2.75, 3.05) is 5.32 Å². The Morgan fingerprint density at radius 3 is 2.87 bits per heavy atom. The van der Waals surface area contributed by atoms with Crippen molar-refractivity contribution >= 4 is 17.0 Å². The summed E-state index contributed by atoms with van der Waals surface area (Å²) in [4.78, 5) is 0. The molecule has 0 aliphatic heterocycles. The molecule has 0 amide bonds. The lowest BCUT2D eigenvalue weighted by Crippen LogP contribution is -1.98. The summed E-state index contributed by atoms with van der Waals surface area (Å²) < 4.78 is 0. The molecule has 1 aromatic heterocycles. The molecule has 1 aromatic carbocycles. The van der Waals surface area contributed by atoms with E-state index in [-0.39, 0.29) is 0 Å². The molecule has 78 valence electrons. The standard InChI is InChI=1S/C13H15NS/c1-2-11-4-3-5-13(8-11)14-9-12-6-7-15-10-12/h3-8,10,14H,2,9H2,1H3. The van der Waals surface area contributed by atoms with Crippen molar-refractivity contribution in [2.45, 2.75) is 19.9 Å². The number of rotatable bonds is 4. The molecule has 0 spiro atoms. The Hall–Kier alpha value is -1.28. The molecular formula is C13H15NS. The number of nitrogens with one attached hydrogen (secondary N) is 1. The van der Waals surface area contributed by atoms with Crippen molar-refractivity contribution < 1.29 is 0 Å². The largest absolute Gasteiger partial charge is 0.381 e. The molecule has 0 aliphatic carbocycles. The Bertz CT molecular complexity index is 406. The highest BCUT2D eigenvalue weighted by molar-refractivity contribution is 7.07.